The van der Waals surface area contributed by atoms with E-state index in [-0.39, 0.29) is 17.1 Å². The van der Waals surface area contributed by atoms with Crippen LogP contribution in [0.1, 0.15) is 19.3 Å². The van der Waals surface area contributed by atoms with Crippen molar-refractivity contribution in [2.45, 2.75) is 19.3 Å². The van der Waals surface area contributed by atoms with Crippen LogP contribution in [0.4, 0.5) is 5.82 Å². The Labute approximate surface area is 108 Å². The van der Waals surface area contributed by atoms with Crippen LogP contribution in [-0.2, 0) is 9.59 Å². The standard InChI is InChI=1S/C11H12ClN3O3/c12-11-13-4-3-8(15-11)14-9(16)6-1-2-7(5-6)10(17)18/h3-4,6-7H,1-2,5H2,(H,17,18)(H,13,14,15,16)/t6-,7+/m1/s1. The number of halogens is 1. The first kappa shape index (κ1) is 12.8. The van der Waals surface area contributed by atoms with E-state index in [1.807, 2.05) is 0 Å². The van der Waals surface area contributed by atoms with Crippen molar-refractivity contribution in [1.82, 2.24) is 9.97 Å². The van der Waals surface area contributed by atoms with Gasteiger partial charge >= 0.3 is 5.97 Å². The molecular formula is C11H12ClN3O3. The molecule has 18 heavy (non-hydrogen) atoms. The zero-order chi connectivity index (χ0) is 13.1. The maximum atomic E-state index is 11.9. The molecule has 1 fully saturated rings. The smallest absolute Gasteiger partial charge is 0.306 e. The molecule has 0 unspecified atom stereocenters. The molecule has 2 atom stereocenters. The fraction of sp³-hybridized carbons (Fsp3) is 0.455. The lowest BCUT2D eigenvalue weighted by atomic mass is 10.0. The highest BCUT2D eigenvalue weighted by molar-refractivity contribution is 6.28. The first-order valence-corrected chi connectivity index (χ1v) is 5.96. The van der Waals surface area contributed by atoms with E-state index in [1.54, 1.807) is 0 Å². The summed E-state index contributed by atoms with van der Waals surface area (Å²) in [6, 6.07) is 1.54. The molecule has 7 heteroatoms. The monoisotopic (exact) mass is 269 g/mol. The molecule has 2 N–H and O–H groups in total. The summed E-state index contributed by atoms with van der Waals surface area (Å²) in [6.45, 7) is 0. The van der Waals surface area contributed by atoms with Crippen LogP contribution in [0.5, 0.6) is 0 Å². The minimum absolute atomic E-state index is 0.0580. The number of carbonyl (C=O) groups is 2. The highest BCUT2D eigenvalue weighted by Crippen LogP contribution is 2.31. The third kappa shape index (κ3) is 2.95. The zero-order valence-electron chi connectivity index (χ0n) is 9.47. The number of nitrogens with one attached hydrogen (secondary N) is 1. The number of hydrogen-bond acceptors (Lipinski definition) is 4. The molecule has 6 nitrogen and oxygen atoms in total. The molecular weight excluding hydrogens is 258 g/mol. The molecule has 1 aliphatic carbocycles. The molecule has 0 bridgehead atoms. The number of carbonyl (C=O) groups excluding carboxylic acids is 1. The summed E-state index contributed by atoms with van der Waals surface area (Å²) < 4.78 is 0. The van der Waals surface area contributed by atoms with Crippen molar-refractivity contribution in [2.24, 2.45) is 11.8 Å². The largest absolute Gasteiger partial charge is 0.481 e. The molecule has 96 valence electrons. The van der Waals surface area contributed by atoms with Crippen molar-refractivity contribution >= 4 is 29.3 Å². The Morgan fingerprint density at radius 3 is 2.72 bits per heavy atom. The second-order valence-corrected chi connectivity index (χ2v) is 4.58. The van der Waals surface area contributed by atoms with E-state index in [9.17, 15) is 9.59 Å². The summed E-state index contributed by atoms with van der Waals surface area (Å²) in [6.07, 6.45) is 2.94. The quantitative estimate of drug-likeness (QED) is 0.813. The molecule has 0 spiro atoms. The molecule has 1 aromatic heterocycles. The Morgan fingerprint density at radius 1 is 1.39 bits per heavy atom. The first-order valence-electron chi connectivity index (χ1n) is 5.58. The Hall–Kier alpha value is -1.69. The third-order valence-electron chi connectivity index (χ3n) is 3.03. The lowest BCUT2D eigenvalue weighted by molar-refractivity contribution is -0.141. The molecule has 1 aliphatic rings. The van der Waals surface area contributed by atoms with Gasteiger partial charge in [0, 0.05) is 12.1 Å². The van der Waals surface area contributed by atoms with E-state index >= 15 is 0 Å². The van der Waals surface area contributed by atoms with Gasteiger partial charge in [-0.25, -0.2) is 9.97 Å². The minimum atomic E-state index is -0.838. The molecule has 1 amide bonds. The average Bonchev–Trinajstić information content (AvgIpc) is 2.78. The lowest BCUT2D eigenvalue weighted by Crippen LogP contribution is -2.22. The maximum Gasteiger partial charge on any atom is 0.306 e. The minimum Gasteiger partial charge on any atom is -0.481 e. The summed E-state index contributed by atoms with van der Waals surface area (Å²) in [5.41, 5.74) is 0. The third-order valence-corrected chi connectivity index (χ3v) is 3.21. The van der Waals surface area contributed by atoms with Crippen LogP contribution in [0.25, 0.3) is 0 Å². The van der Waals surface area contributed by atoms with Gasteiger partial charge in [0.2, 0.25) is 11.2 Å². The number of carboxylic acid groups (broad SMARTS) is 1. The highest BCUT2D eigenvalue weighted by Gasteiger charge is 2.33. The van der Waals surface area contributed by atoms with E-state index in [2.05, 4.69) is 15.3 Å². The second kappa shape index (κ2) is 5.30. The normalized spacial score (nSPS) is 22.7. The van der Waals surface area contributed by atoms with Gasteiger partial charge in [-0.15, -0.1) is 0 Å². The Bertz CT molecular complexity index is 480. The summed E-state index contributed by atoms with van der Waals surface area (Å²) in [5, 5.41) is 11.5. The number of amides is 1. The molecule has 2 rings (SSSR count). The summed E-state index contributed by atoms with van der Waals surface area (Å²) in [4.78, 5) is 30.2. The Kier molecular flexibility index (Phi) is 3.76. The molecule has 0 aromatic carbocycles. The van der Waals surface area contributed by atoms with Crippen LogP contribution < -0.4 is 5.32 Å². The predicted octanol–water partition coefficient (Wildman–Crippen LogP) is 1.57. The van der Waals surface area contributed by atoms with Gasteiger partial charge in [0.1, 0.15) is 5.82 Å². The van der Waals surface area contributed by atoms with E-state index in [0.717, 1.165) is 0 Å². The van der Waals surface area contributed by atoms with Crippen LogP contribution in [0.15, 0.2) is 12.3 Å². The number of carboxylic acids is 1. The number of rotatable bonds is 3. The number of aromatic nitrogens is 2. The van der Waals surface area contributed by atoms with Gasteiger partial charge in [-0.1, -0.05) is 0 Å². The number of anilines is 1. The lowest BCUT2D eigenvalue weighted by Gasteiger charge is -2.09. The topological polar surface area (TPSA) is 92.2 Å². The van der Waals surface area contributed by atoms with Crippen LogP contribution >= 0.6 is 11.6 Å². The van der Waals surface area contributed by atoms with E-state index < -0.39 is 11.9 Å². The van der Waals surface area contributed by atoms with E-state index in [4.69, 9.17) is 16.7 Å². The van der Waals surface area contributed by atoms with Gasteiger partial charge < -0.3 is 10.4 Å². The van der Waals surface area contributed by atoms with Gasteiger partial charge in [0.05, 0.1) is 5.92 Å². The highest BCUT2D eigenvalue weighted by atomic mass is 35.5. The van der Waals surface area contributed by atoms with Crippen LogP contribution in [0, 0.1) is 11.8 Å². The molecule has 1 aromatic rings. The summed E-state index contributed by atoms with van der Waals surface area (Å²) in [5.74, 6) is -1.42. The maximum absolute atomic E-state index is 11.9. The molecule has 1 heterocycles. The van der Waals surface area contributed by atoms with Gasteiger partial charge in [0.15, 0.2) is 0 Å². The first-order chi connectivity index (χ1) is 8.56. The van der Waals surface area contributed by atoms with E-state index in [0.29, 0.717) is 25.1 Å². The van der Waals surface area contributed by atoms with Crippen LogP contribution in [0.2, 0.25) is 5.28 Å². The molecule has 0 aliphatic heterocycles. The molecule has 1 saturated carbocycles. The van der Waals surface area contributed by atoms with Crippen molar-refractivity contribution in [2.75, 3.05) is 5.32 Å². The van der Waals surface area contributed by atoms with Crippen molar-refractivity contribution in [3.05, 3.63) is 17.5 Å². The zero-order valence-corrected chi connectivity index (χ0v) is 10.2. The Morgan fingerprint density at radius 2 is 2.11 bits per heavy atom. The van der Waals surface area contributed by atoms with Crippen molar-refractivity contribution in [3.63, 3.8) is 0 Å². The fourth-order valence-electron chi connectivity index (χ4n) is 2.08. The average molecular weight is 270 g/mol. The van der Waals surface area contributed by atoms with Gasteiger partial charge in [-0.3, -0.25) is 9.59 Å². The van der Waals surface area contributed by atoms with Gasteiger partial charge in [-0.05, 0) is 36.9 Å². The molecule has 0 radical (unpaired) electrons. The Balaban J connectivity index is 1.95. The van der Waals surface area contributed by atoms with Crippen LogP contribution in [0.3, 0.4) is 0 Å². The summed E-state index contributed by atoms with van der Waals surface area (Å²) in [7, 11) is 0. The number of hydrogen-bond donors (Lipinski definition) is 2. The van der Waals surface area contributed by atoms with Gasteiger partial charge in [-0.2, -0.15) is 0 Å². The van der Waals surface area contributed by atoms with Crippen molar-refractivity contribution in [3.8, 4) is 0 Å². The SMILES string of the molecule is O=C(O)[C@H]1CC[C@@H](C(=O)Nc2ccnc(Cl)n2)C1. The predicted molar refractivity (Wildman–Crippen MR) is 64.1 cm³/mol. The second-order valence-electron chi connectivity index (χ2n) is 4.25. The molecule has 0 saturated heterocycles. The summed E-state index contributed by atoms with van der Waals surface area (Å²) >= 11 is 5.60. The fourth-order valence-corrected chi connectivity index (χ4v) is 2.22. The van der Waals surface area contributed by atoms with E-state index in [1.165, 1.54) is 12.3 Å². The number of nitrogens with zero attached hydrogens (tertiary/aromatic N) is 2. The van der Waals surface area contributed by atoms with Crippen LogP contribution in [-0.4, -0.2) is 27.0 Å². The van der Waals surface area contributed by atoms with Crippen molar-refractivity contribution < 1.29 is 14.7 Å². The number of aliphatic carboxylic acids is 1. The van der Waals surface area contributed by atoms with Crippen molar-refractivity contribution in [1.29, 1.82) is 0 Å². The van der Waals surface area contributed by atoms with Gasteiger partial charge in [0.25, 0.3) is 0 Å².